The maximum Gasteiger partial charge on any atom is 0.243 e. The van der Waals surface area contributed by atoms with Crippen molar-refractivity contribution in [3.05, 3.63) is 58.8 Å². The molecule has 1 aliphatic rings. The van der Waals surface area contributed by atoms with Gasteiger partial charge in [0, 0.05) is 35.5 Å². The van der Waals surface area contributed by atoms with Gasteiger partial charge in [-0.2, -0.15) is 4.31 Å². The van der Waals surface area contributed by atoms with E-state index in [1.807, 2.05) is 24.3 Å². The van der Waals surface area contributed by atoms with Gasteiger partial charge < -0.3 is 4.90 Å². The molecule has 27 heavy (non-hydrogen) atoms. The monoisotopic (exact) mass is 472 g/mol. The number of carbonyl (C=O) groups excluding carboxylic acids is 1. The van der Waals surface area contributed by atoms with Gasteiger partial charge in [0.25, 0.3) is 0 Å². The lowest BCUT2D eigenvalue weighted by Gasteiger charge is -2.34. The van der Waals surface area contributed by atoms with Crippen molar-refractivity contribution in [3.63, 3.8) is 0 Å². The van der Waals surface area contributed by atoms with Crippen LogP contribution in [-0.2, 0) is 14.8 Å². The van der Waals surface area contributed by atoms with Crippen molar-refractivity contribution < 1.29 is 17.6 Å². The van der Waals surface area contributed by atoms with Crippen LogP contribution in [0.25, 0.3) is 0 Å². The van der Waals surface area contributed by atoms with Gasteiger partial charge in [-0.25, -0.2) is 12.8 Å². The molecule has 5 nitrogen and oxygen atoms in total. The van der Waals surface area contributed by atoms with E-state index >= 15 is 0 Å². The second-order valence-electron chi connectivity index (χ2n) is 5.98. The highest BCUT2D eigenvalue weighted by molar-refractivity contribution is 9.10. The number of amides is 1. The fraction of sp³-hybridized carbons (Fsp3) is 0.278. The Morgan fingerprint density at radius 2 is 1.59 bits per heavy atom. The molecule has 1 aliphatic heterocycles. The summed E-state index contributed by atoms with van der Waals surface area (Å²) in [4.78, 5) is 15.1. The van der Waals surface area contributed by atoms with Gasteiger partial charge in [0.1, 0.15) is 5.82 Å². The minimum absolute atomic E-state index is 0.0123. The van der Waals surface area contributed by atoms with Crippen LogP contribution < -0.4 is 0 Å². The van der Waals surface area contributed by atoms with Crippen molar-refractivity contribution in [2.75, 3.05) is 31.9 Å². The van der Waals surface area contributed by atoms with E-state index in [0.717, 1.165) is 21.5 Å². The molecule has 1 fully saturated rings. The number of hydrogen-bond acceptors (Lipinski definition) is 4. The second kappa shape index (κ2) is 8.72. The largest absolute Gasteiger partial charge is 0.339 e. The molecule has 1 heterocycles. The molecule has 1 amide bonds. The van der Waals surface area contributed by atoms with E-state index in [2.05, 4.69) is 15.9 Å². The maximum atomic E-state index is 13.0. The fourth-order valence-corrected chi connectivity index (χ4v) is 5.19. The zero-order chi connectivity index (χ0) is 19.4. The minimum Gasteiger partial charge on any atom is -0.339 e. The fourth-order valence-electron chi connectivity index (χ4n) is 2.70. The molecule has 9 heteroatoms. The maximum absolute atomic E-state index is 13.0. The van der Waals surface area contributed by atoms with Gasteiger partial charge in [0.05, 0.1) is 10.6 Å². The molecule has 2 aromatic carbocycles. The molecule has 0 atom stereocenters. The number of nitrogens with zero attached hydrogens (tertiary/aromatic N) is 2. The summed E-state index contributed by atoms with van der Waals surface area (Å²) in [5.74, 6) is -0.179. The van der Waals surface area contributed by atoms with E-state index in [9.17, 15) is 17.6 Å². The number of sulfonamides is 1. The van der Waals surface area contributed by atoms with E-state index in [1.54, 1.807) is 4.90 Å². The van der Waals surface area contributed by atoms with Crippen molar-refractivity contribution in [2.24, 2.45) is 0 Å². The predicted molar refractivity (Wildman–Crippen MR) is 107 cm³/mol. The lowest BCUT2D eigenvalue weighted by atomic mass is 10.3. The molecule has 0 saturated carbocycles. The first-order valence-electron chi connectivity index (χ1n) is 8.28. The molecule has 0 bridgehead atoms. The average Bonchev–Trinajstić information content (AvgIpc) is 2.68. The van der Waals surface area contributed by atoms with E-state index in [4.69, 9.17) is 0 Å². The second-order valence-corrected chi connectivity index (χ2v) is 9.88. The normalized spacial score (nSPS) is 15.7. The average molecular weight is 473 g/mol. The molecular formula is C18H18BrFN2O3S2. The first-order valence-corrected chi connectivity index (χ1v) is 11.5. The molecule has 3 rings (SSSR count). The van der Waals surface area contributed by atoms with Gasteiger partial charge in [-0.3, -0.25) is 4.79 Å². The number of carbonyl (C=O) groups is 1. The summed E-state index contributed by atoms with van der Waals surface area (Å²) in [6.07, 6.45) is 0. The Bertz CT molecular complexity index is 897. The first kappa shape index (κ1) is 20.3. The van der Waals surface area contributed by atoms with Gasteiger partial charge in [-0.15, -0.1) is 11.8 Å². The zero-order valence-electron chi connectivity index (χ0n) is 14.3. The zero-order valence-corrected chi connectivity index (χ0v) is 17.6. The van der Waals surface area contributed by atoms with E-state index in [0.29, 0.717) is 18.8 Å². The van der Waals surface area contributed by atoms with Gasteiger partial charge >= 0.3 is 0 Å². The Balaban J connectivity index is 1.54. The Hall–Kier alpha value is -1.42. The molecule has 0 N–H and O–H groups in total. The van der Waals surface area contributed by atoms with Crippen molar-refractivity contribution in [3.8, 4) is 0 Å². The molecule has 0 unspecified atom stereocenters. The number of piperazine rings is 1. The molecule has 144 valence electrons. The van der Waals surface area contributed by atoms with Crippen LogP contribution >= 0.6 is 27.7 Å². The number of benzene rings is 2. The third-order valence-electron chi connectivity index (χ3n) is 4.22. The molecule has 2 aromatic rings. The van der Waals surface area contributed by atoms with Crippen LogP contribution in [0.15, 0.2) is 62.8 Å². The third-order valence-corrected chi connectivity index (χ3v) is 7.66. The molecule has 0 spiro atoms. The van der Waals surface area contributed by atoms with Gasteiger partial charge in [-0.1, -0.05) is 15.9 Å². The summed E-state index contributed by atoms with van der Waals surface area (Å²) < 4.78 is 40.5. The lowest BCUT2D eigenvalue weighted by Crippen LogP contribution is -2.50. The van der Waals surface area contributed by atoms with Gasteiger partial charge in [0.2, 0.25) is 15.9 Å². The molecule has 1 saturated heterocycles. The van der Waals surface area contributed by atoms with Crippen molar-refractivity contribution >= 4 is 43.6 Å². The van der Waals surface area contributed by atoms with Crippen LogP contribution in [0.1, 0.15) is 0 Å². The SMILES string of the molecule is O=C(CSc1ccc(Br)cc1)N1CCN(S(=O)(=O)c2ccc(F)cc2)CC1. The molecular weight excluding hydrogens is 455 g/mol. The summed E-state index contributed by atoms with van der Waals surface area (Å²) in [7, 11) is -3.67. The van der Waals surface area contributed by atoms with Crippen molar-refractivity contribution in [1.29, 1.82) is 0 Å². The van der Waals surface area contributed by atoms with Crippen LogP contribution in [0.4, 0.5) is 4.39 Å². The molecule has 0 aliphatic carbocycles. The quantitative estimate of drug-likeness (QED) is 0.626. The van der Waals surface area contributed by atoms with Gasteiger partial charge in [-0.05, 0) is 48.5 Å². The Kier molecular flexibility index (Phi) is 6.56. The summed E-state index contributed by atoms with van der Waals surface area (Å²) in [5.41, 5.74) is 0. The summed E-state index contributed by atoms with van der Waals surface area (Å²) in [6, 6.07) is 12.5. The summed E-state index contributed by atoms with van der Waals surface area (Å²) in [6.45, 7) is 1.16. The minimum atomic E-state index is -3.67. The van der Waals surface area contributed by atoms with E-state index in [-0.39, 0.29) is 23.9 Å². The highest BCUT2D eigenvalue weighted by Gasteiger charge is 2.30. The Morgan fingerprint density at radius 1 is 1.00 bits per heavy atom. The Labute approximate surface area is 170 Å². The van der Waals surface area contributed by atoms with Crippen LogP contribution in [-0.4, -0.2) is 55.5 Å². The summed E-state index contributed by atoms with van der Waals surface area (Å²) >= 11 is 4.83. The van der Waals surface area contributed by atoms with Crippen LogP contribution in [0, 0.1) is 5.82 Å². The summed E-state index contributed by atoms with van der Waals surface area (Å²) in [5, 5.41) is 0. The number of halogens is 2. The van der Waals surface area contributed by atoms with Crippen LogP contribution in [0.2, 0.25) is 0 Å². The number of thioether (sulfide) groups is 1. The molecule has 0 aromatic heterocycles. The lowest BCUT2D eigenvalue weighted by molar-refractivity contribution is -0.129. The van der Waals surface area contributed by atoms with E-state index in [1.165, 1.54) is 28.2 Å². The van der Waals surface area contributed by atoms with Crippen LogP contribution in [0.5, 0.6) is 0 Å². The van der Waals surface area contributed by atoms with Crippen LogP contribution in [0.3, 0.4) is 0 Å². The highest BCUT2D eigenvalue weighted by Crippen LogP contribution is 2.22. The van der Waals surface area contributed by atoms with Crippen molar-refractivity contribution in [1.82, 2.24) is 9.21 Å². The third kappa shape index (κ3) is 5.10. The predicted octanol–water partition coefficient (Wildman–Crippen LogP) is 3.21. The first-order chi connectivity index (χ1) is 12.9. The highest BCUT2D eigenvalue weighted by atomic mass is 79.9. The Morgan fingerprint density at radius 3 is 2.19 bits per heavy atom. The molecule has 0 radical (unpaired) electrons. The smallest absolute Gasteiger partial charge is 0.243 e. The van der Waals surface area contributed by atoms with Crippen molar-refractivity contribution in [2.45, 2.75) is 9.79 Å². The van der Waals surface area contributed by atoms with Gasteiger partial charge in [0.15, 0.2) is 0 Å². The topological polar surface area (TPSA) is 57.7 Å². The van der Waals surface area contributed by atoms with E-state index < -0.39 is 15.8 Å². The number of rotatable bonds is 5. The standard InChI is InChI=1S/C18H18BrFN2O3S2/c19-14-1-5-16(6-2-14)26-13-18(23)21-9-11-22(12-10-21)27(24,25)17-7-3-15(20)4-8-17/h1-8H,9-13H2. The number of hydrogen-bond donors (Lipinski definition) is 0.